The van der Waals surface area contributed by atoms with Crippen molar-refractivity contribution in [1.29, 1.82) is 0 Å². The summed E-state index contributed by atoms with van der Waals surface area (Å²) in [6.07, 6.45) is 1.67. The first-order valence-corrected chi connectivity index (χ1v) is 5.40. The summed E-state index contributed by atoms with van der Waals surface area (Å²) in [5, 5.41) is 21.4. The van der Waals surface area contributed by atoms with Gasteiger partial charge >= 0.3 is 0 Å². The Kier molecular flexibility index (Phi) is 3.22. The Labute approximate surface area is 104 Å². The van der Waals surface area contributed by atoms with Gasteiger partial charge in [-0.05, 0) is 18.6 Å². The van der Waals surface area contributed by atoms with Gasteiger partial charge in [0.25, 0.3) is 5.69 Å². The highest BCUT2D eigenvalue weighted by Crippen LogP contribution is 2.21. The molecule has 0 fully saturated rings. The second-order valence-corrected chi connectivity index (χ2v) is 3.96. The third-order valence-electron chi connectivity index (χ3n) is 2.69. The molecule has 0 saturated carbocycles. The van der Waals surface area contributed by atoms with E-state index in [0.29, 0.717) is 6.54 Å². The number of aryl methyl sites for hydroxylation is 2. The molecule has 94 valence electrons. The van der Waals surface area contributed by atoms with Crippen molar-refractivity contribution in [3.05, 3.63) is 45.8 Å². The van der Waals surface area contributed by atoms with E-state index < -0.39 is 4.92 Å². The molecule has 18 heavy (non-hydrogen) atoms. The van der Waals surface area contributed by atoms with Crippen LogP contribution in [0.4, 0.5) is 11.4 Å². The molecule has 1 N–H and O–H groups in total. The van der Waals surface area contributed by atoms with Crippen LogP contribution in [0.5, 0.6) is 0 Å². The molecular formula is C11H13N5O2. The van der Waals surface area contributed by atoms with E-state index in [0.717, 1.165) is 16.9 Å². The zero-order valence-corrected chi connectivity index (χ0v) is 10.1. The predicted molar refractivity (Wildman–Crippen MR) is 66.2 cm³/mol. The van der Waals surface area contributed by atoms with Crippen molar-refractivity contribution in [3.8, 4) is 0 Å². The van der Waals surface area contributed by atoms with Crippen LogP contribution >= 0.6 is 0 Å². The number of non-ortho nitro benzene ring substituents is 1. The van der Waals surface area contributed by atoms with E-state index in [4.69, 9.17) is 0 Å². The molecule has 0 aliphatic heterocycles. The summed E-state index contributed by atoms with van der Waals surface area (Å²) in [7, 11) is 1.81. The Balaban J connectivity index is 2.11. The summed E-state index contributed by atoms with van der Waals surface area (Å²) in [5.41, 5.74) is 2.73. The first-order valence-electron chi connectivity index (χ1n) is 5.40. The van der Waals surface area contributed by atoms with Gasteiger partial charge in [-0.15, -0.1) is 5.10 Å². The van der Waals surface area contributed by atoms with Crippen LogP contribution in [-0.4, -0.2) is 19.9 Å². The minimum Gasteiger partial charge on any atom is -0.379 e. The van der Waals surface area contributed by atoms with Crippen LogP contribution in [0.15, 0.2) is 24.4 Å². The molecule has 0 radical (unpaired) electrons. The van der Waals surface area contributed by atoms with Gasteiger partial charge in [0, 0.05) is 24.9 Å². The van der Waals surface area contributed by atoms with Crippen LogP contribution in [0.25, 0.3) is 0 Å². The van der Waals surface area contributed by atoms with Gasteiger partial charge in [0.05, 0.1) is 23.4 Å². The molecule has 0 atom stereocenters. The number of nitro benzene ring substituents is 1. The number of hydrogen-bond donors (Lipinski definition) is 1. The van der Waals surface area contributed by atoms with E-state index in [2.05, 4.69) is 15.6 Å². The molecule has 0 bridgehead atoms. The molecule has 0 amide bonds. The lowest BCUT2D eigenvalue weighted by Gasteiger charge is -2.08. The number of nitro groups is 1. The minimum atomic E-state index is -0.401. The van der Waals surface area contributed by atoms with Crippen molar-refractivity contribution in [2.24, 2.45) is 7.05 Å². The summed E-state index contributed by atoms with van der Waals surface area (Å²) >= 11 is 0. The number of rotatable bonds is 4. The zero-order valence-electron chi connectivity index (χ0n) is 10.1. The molecule has 1 aromatic carbocycles. The normalized spacial score (nSPS) is 10.3. The van der Waals surface area contributed by atoms with Gasteiger partial charge in [0.1, 0.15) is 0 Å². The minimum absolute atomic E-state index is 0.0975. The first kappa shape index (κ1) is 12.0. The van der Waals surface area contributed by atoms with Gasteiger partial charge in [0.15, 0.2) is 0 Å². The molecule has 0 aliphatic rings. The summed E-state index contributed by atoms with van der Waals surface area (Å²) in [6.45, 7) is 2.40. The maximum atomic E-state index is 10.6. The lowest BCUT2D eigenvalue weighted by molar-refractivity contribution is -0.384. The monoisotopic (exact) mass is 247 g/mol. The SMILES string of the molecule is Cc1cc([N+](=O)[O-])ccc1NCc1cnnn1C. The third kappa shape index (κ3) is 2.45. The molecule has 0 unspecified atom stereocenters. The molecule has 1 heterocycles. The largest absolute Gasteiger partial charge is 0.379 e. The van der Waals surface area contributed by atoms with Crippen molar-refractivity contribution in [3.63, 3.8) is 0 Å². The van der Waals surface area contributed by atoms with E-state index in [1.165, 1.54) is 6.07 Å². The maximum Gasteiger partial charge on any atom is 0.269 e. The van der Waals surface area contributed by atoms with Crippen molar-refractivity contribution < 1.29 is 4.92 Å². The van der Waals surface area contributed by atoms with E-state index in [9.17, 15) is 10.1 Å². The Morgan fingerprint density at radius 2 is 2.28 bits per heavy atom. The molecule has 0 aliphatic carbocycles. The van der Waals surface area contributed by atoms with Crippen LogP contribution in [-0.2, 0) is 13.6 Å². The third-order valence-corrected chi connectivity index (χ3v) is 2.69. The molecule has 0 saturated heterocycles. The van der Waals surface area contributed by atoms with Gasteiger partial charge in [-0.3, -0.25) is 14.8 Å². The van der Waals surface area contributed by atoms with Gasteiger partial charge in [-0.1, -0.05) is 5.21 Å². The number of benzene rings is 1. The van der Waals surface area contributed by atoms with E-state index >= 15 is 0 Å². The van der Waals surface area contributed by atoms with Gasteiger partial charge in [-0.25, -0.2) is 0 Å². The second-order valence-electron chi connectivity index (χ2n) is 3.96. The number of aromatic nitrogens is 3. The lowest BCUT2D eigenvalue weighted by Crippen LogP contribution is -2.06. The average molecular weight is 247 g/mol. The van der Waals surface area contributed by atoms with Crippen LogP contribution < -0.4 is 5.32 Å². The summed E-state index contributed by atoms with van der Waals surface area (Å²) in [4.78, 5) is 10.2. The summed E-state index contributed by atoms with van der Waals surface area (Å²) in [6, 6.07) is 4.73. The number of nitrogens with one attached hydrogen (secondary N) is 1. The lowest BCUT2D eigenvalue weighted by atomic mass is 10.2. The fraction of sp³-hybridized carbons (Fsp3) is 0.273. The fourth-order valence-electron chi connectivity index (χ4n) is 1.62. The Bertz CT molecular complexity index is 579. The highest BCUT2D eigenvalue weighted by molar-refractivity contribution is 5.55. The quantitative estimate of drug-likeness (QED) is 0.655. The second kappa shape index (κ2) is 4.82. The smallest absolute Gasteiger partial charge is 0.269 e. The fourth-order valence-corrected chi connectivity index (χ4v) is 1.62. The van der Waals surface area contributed by atoms with Crippen LogP contribution in [0.3, 0.4) is 0 Å². The van der Waals surface area contributed by atoms with E-state index in [1.54, 1.807) is 23.0 Å². The Morgan fingerprint density at radius 1 is 1.50 bits per heavy atom. The summed E-state index contributed by atoms with van der Waals surface area (Å²) in [5.74, 6) is 0. The maximum absolute atomic E-state index is 10.6. The van der Waals surface area contributed by atoms with Crippen molar-refractivity contribution in [1.82, 2.24) is 15.0 Å². The van der Waals surface area contributed by atoms with E-state index in [-0.39, 0.29) is 5.69 Å². The number of anilines is 1. The average Bonchev–Trinajstić information content (AvgIpc) is 2.73. The van der Waals surface area contributed by atoms with E-state index in [1.807, 2.05) is 14.0 Å². The molecule has 7 nitrogen and oxygen atoms in total. The standard InChI is InChI=1S/C11H13N5O2/c1-8-5-9(16(17)18)3-4-11(8)12-6-10-7-13-14-15(10)2/h3-5,7,12H,6H2,1-2H3. The van der Waals surface area contributed by atoms with Crippen molar-refractivity contribution in [2.45, 2.75) is 13.5 Å². The molecule has 1 aromatic heterocycles. The van der Waals surface area contributed by atoms with Crippen LogP contribution in [0.1, 0.15) is 11.3 Å². The van der Waals surface area contributed by atoms with Crippen LogP contribution in [0.2, 0.25) is 0 Å². The molecule has 0 spiro atoms. The highest BCUT2D eigenvalue weighted by atomic mass is 16.6. The highest BCUT2D eigenvalue weighted by Gasteiger charge is 2.08. The molecular weight excluding hydrogens is 234 g/mol. The van der Waals surface area contributed by atoms with Crippen molar-refractivity contribution in [2.75, 3.05) is 5.32 Å². The summed E-state index contributed by atoms with van der Waals surface area (Å²) < 4.78 is 1.67. The number of hydrogen-bond acceptors (Lipinski definition) is 5. The van der Waals surface area contributed by atoms with Crippen molar-refractivity contribution >= 4 is 11.4 Å². The van der Waals surface area contributed by atoms with Crippen LogP contribution in [0, 0.1) is 17.0 Å². The zero-order chi connectivity index (χ0) is 13.1. The molecule has 7 heteroatoms. The van der Waals surface area contributed by atoms with Gasteiger partial charge in [-0.2, -0.15) is 0 Å². The topological polar surface area (TPSA) is 85.9 Å². The van der Waals surface area contributed by atoms with Gasteiger partial charge in [0.2, 0.25) is 0 Å². The Hall–Kier alpha value is -2.44. The first-order chi connectivity index (χ1) is 8.58. The number of nitrogens with zero attached hydrogens (tertiary/aromatic N) is 4. The predicted octanol–water partition coefficient (Wildman–Crippen LogP) is 1.64. The van der Waals surface area contributed by atoms with Gasteiger partial charge < -0.3 is 5.32 Å². The molecule has 2 rings (SSSR count). The Morgan fingerprint density at radius 3 is 2.83 bits per heavy atom. The molecule has 2 aromatic rings.